The Balaban J connectivity index is 1.62. The molecule has 0 spiro atoms. The molecule has 3 rings (SSSR count). The highest BCUT2D eigenvalue weighted by Gasteiger charge is 2.40. The Morgan fingerprint density at radius 2 is 1.92 bits per heavy atom. The second-order valence-electron chi connectivity index (χ2n) is 7.78. The van der Waals surface area contributed by atoms with Gasteiger partial charge in [0.25, 0.3) is 0 Å². The number of rotatable bonds is 6. The van der Waals surface area contributed by atoms with Crippen molar-refractivity contribution in [1.82, 2.24) is 9.80 Å². The van der Waals surface area contributed by atoms with E-state index in [1.807, 2.05) is 9.80 Å². The number of carbonyl (C=O) groups excluding carboxylic acids is 2. The van der Waals surface area contributed by atoms with Crippen molar-refractivity contribution in [2.24, 2.45) is 11.8 Å². The summed E-state index contributed by atoms with van der Waals surface area (Å²) in [6, 6.07) is 8.67. The predicted octanol–water partition coefficient (Wildman–Crippen LogP) is 2.99. The lowest BCUT2D eigenvalue weighted by atomic mass is 10.1. The predicted molar refractivity (Wildman–Crippen MR) is 94.3 cm³/mol. The van der Waals surface area contributed by atoms with Crippen LogP contribution in [0.2, 0.25) is 0 Å². The first-order chi connectivity index (χ1) is 11.4. The van der Waals surface area contributed by atoms with Crippen molar-refractivity contribution in [2.45, 2.75) is 52.6 Å². The summed E-state index contributed by atoms with van der Waals surface area (Å²) in [6.07, 6.45) is 2.60. The third-order valence-corrected chi connectivity index (χ3v) is 4.89. The first-order valence-corrected chi connectivity index (χ1v) is 9.08. The second-order valence-corrected chi connectivity index (χ2v) is 7.78. The molecule has 2 amide bonds. The summed E-state index contributed by atoms with van der Waals surface area (Å²) in [4.78, 5) is 29.1. The second kappa shape index (κ2) is 6.96. The monoisotopic (exact) mass is 328 g/mol. The van der Waals surface area contributed by atoms with Gasteiger partial charge < -0.3 is 9.80 Å². The quantitative estimate of drug-likeness (QED) is 0.805. The zero-order valence-electron chi connectivity index (χ0n) is 15.0. The highest BCUT2D eigenvalue weighted by atomic mass is 16.2. The van der Waals surface area contributed by atoms with Gasteiger partial charge in [0, 0.05) is 32.1 Å². The van der Waals surface area contributed by atoms with Crippen LogP contribution in [-0.4, -0.2) is 40.7 Å². The maximum Gasteiger partial charge on any atom is 0.228 e. The van der Waals surface area contributed by atoms with Crippen molar-refractivity contribution >= 4 is 11.8 Å². The largest absolute Gasteiger partial charge is 0.339 e. The van der Waals surface area contributed by atoms with Gasteiger partial charge in [0.05, 0.1) is 5.92 Å². The highest BCUT2D eigenvalue weighted by Crippen LogP contribution is 2.31. The molecule has 1 aromatic rings. The van der Waals surface area contributed by atoms with E-state index in [1.165, 1.54) is 5.56 Å². The van der Waals surface area contributed by atoms with Crippen molar-refractivity contribution < 1.29 is 9.59 Å². The number of hydrogen-bond donors (Lipinski definition) is 0. The number of nitrogens with zero attached hydrogens (tertiary/aromatic N) is 2. The van der Waals surface area contributed by atoms with Gasteiger partial charge in [-0.3, -0.25) is 9.59 Å². The van der Waals surface area contributed by atoms with Crippen LogP contribution in [0.4, 0.5) is 0 Å². The van der Waals surface area contributed by atoms with Crippen LogP contribution in [0.3, 0.4) is 0 Å². The van der Waals surface area contributed by atoms with E-state index in [-0.39, 0.29) is 17.7 Å². The van der Waals surface area contributed by atoms with Crippen molar-refractivity contribution in [2.75, 3.05) is 13.1 Å². The van der Waals surface area contributed by atoms with Gasteiger partial charge in [0.2, 0.25) is 11.8 Å². The van der Waals surface area contributed by atoms with Crippen molar-refractivity contribution in [3.8, 4) is 0 Å². The SMILES string of the molecule is Cc1ccc(CN2CC(C(=O)N(CC(C)C)C3CC3)CC2=O)cc1. The van der Waals surface area contributed by atoms with Crippen LogP contribution >= 0.6 is 0 Å². The fourth-order valence-corrected chi connectivity index (χ4v) is 3.44. The molecule has 1 unspecified atom stereocenters. The molecule has 1 saturated heterocycles. The average molecular weight is 328 g/mol. The number of amides is 2. The van der Waals surface area contributed by atoms with Crippen LogP contribution in [0, 0.1) is 18.8 Å². The third kappa shape index (κ3) is 3.97. The lowest BCUT2D eigenvalue weighted by Gasteiger charge is -2.27. The van der Waals surface area contributed by atoms with Crippen LogP contribution in [0.15, 0.2) is 24.3 Å². The highest BCUT2D eigenvalue weighted by molar-refractivity contribution is 5.89. The molecule has 4 nitrogen and oxygen atoms in total. The maximum atomic E-state index is 12.9. The third-order valence-electron chi connectivity index (χ3n) is 4.89. The summed E-state index contributed by atoms with van der Waals surface area (Å²) in [7, 11) is 0. The standard InChI is InChI=1S/C20H28N2O2/c1-14(2)11-22(18-8-9-18)20(24)17-10-19(23)21(13-17)12-16-6-4-15(3)5-7-16/h4-7,14,17-18H,8-13H2,1-3H3. The zero-order valence-corrected chi connectivity index (χ0v) is 15.0. The van der Waals surface area contributed by atoms with Gasteiger partial charge in [0.1, 0.15) is 0 Å². The van der Waals surface area contributed by atoms with E-state index < -0.39 is 0 Å². The van der Waals surface area contributed by atoms with Gasteiger partial charge in [0.15, 0.2) is 0 Å². The molecule has 0 radical (unpaired) electrons. The summed E-state index contributed by atoms with van der Waals surface area (Å²) in [6.45, 7) is 8.33. The van der Waals surface area contributed by atoms with E-state index in [4.69, 9.17) is 0 Å². The van der Waals surface area contributed by atoms with E-state index in [1.54, 1.807) is 0 Å². The van der Waals surface area contributed by atoms with E-state index in [2.05, 4.69) is 45.0 Å². The summed E-state index contributed by atoms with van der Waals surface area (Å²) in [5.41, 5.74) is 2.34. The molecule has 1 atom stereocenters. The van der Waals surface area contributed by atoms with Gasteiger partial charge in [-0.1, -0.05) is 43.7 Å². The number of benzene rings is 1. The van der Waals surface area contributed by atoms with Gasteiger partial charge in [-0.2, -0.15) is 0 Å². The first kappa shape index (κ1) is 17.0. The Labute approximate surface area is 144 Å². The lowest BCUT2D eigenvalue weighted by Crippen LogP contribution is -2.41. The van der Waals surface area contributed by atoms with E-state index in [9.17, 15) is 9.59 Å². The van der Waals surface area contributed by atoms with Crippen LogP contribution in [0.25, 0.3) is 0 Å². The molecular formula is C20H28N2O2. The molecule has 130 valence electrons. The molecule has 0 aromatic heterocycles. The van der Waals surface area contributed by atoms with Gasteiger partial charge in [-0.15, -0.1) is 0 Å². The van der Waals surface area contributed by atoms with Crippen molar-refractivity contribution in [3.63, 3.8) is 0 Å². The van der Waals surface area contributed by atoms with Crippen LogP contribution in [0.5, 0.6) is 0 Å². The minimum atomic E-state index is -0.165. The molecule has 0 bridgehead atoms. The molecule has 1 aliphatic carbocycles. The smallest absolute Gasteiger partial charge is 0.228 e. The fourth-order valence-electron chi connectivity index (χ4n) is 3.44. The first-order valence-electron chi connectivity index (χ1n) is 9.08. The van der Waals surface area contributed by atoms with Gasteiger partial charge in [-0.05, 0) is 31.2 Å². The summed E-state index contributed by atoms with van der Waals surface area (Å²) < 4.78 is 0. The Morgan fingerprint density at radius 3 is 2.50 bits per heavy atom. The average Bonchev–Trinajstić information content (AvgIpc) is 3.31. The van der Waals surface area contributed by atoms with Crippen LogP contribution < -0.4 is 0 Å². The van der Waals surface area contributed by atoms with Gasteiger partial charge >= 0.3 is 0 Å². The van der Waals surface area contributed by atoms with Crippen molar-refractivity contribution in [3.05, 3.63) is 35.4 Å². The minimum absolute atomic E-state index is 0.106. The molecule has 1 heterocycles. The van der Waals surface area contributed by atoms with Crippen LogP contribution in [0.1, 0.15) is 44.2 Å². The molecule has 4 heteroatoms. The topological polar surface area (TPSA) is 40.6 Å². The van der Waals surface area contributed by atoms with E-state index in [0.29, 0.717) is 31.5 Å². The molecule has 1 aliphatic heterocycles. The van der Waals surface area contributed by atoms with Crippen LogP contribution in [-0.2, 0) is 16.1 Å². The molecule has 0 N–H and O–H groups in total. The normalized spacial score (nSPS) is 20.8. The molecule has 1 saturated carbocycles. The Hall–Kier alpha value is -1.84. The van der Waals surface area contributed by atoms with E-state index >= 15 is 0 Å². The number of carbonyl (C=O) groups is 2. The summed E-state index contributed by atoms with van der Waals surface area (Å²) in [5, 5.41) is 0. The number of hydrogen-bond acceptors (Lipinski definition) is 2. The molecular weight excluding hydrogens is 300 g/mol. The zero-order chi connectivity index (χ0) is 17.3. The van der Waals surface area contributed by atoms with Gasteiger partial charge in [-0.25, -0.2) is 0 Å². The maximum absolute atomic E-state index is 12.9. The lowest BCUT2D eigenvalue weighted by molar-refractivity contribution is -0.137. The Kier molecular flexibility index (Phi) is 4.93. The Bertz CT molecular complexity index is 605. The molecule has 1 aromatic carbocycles. The minimum Gasteiger partial charge on any atom is -0.339 e. The summed E-state index contributed by atoms with van der Waals surface area (Å²) in [5.74, 6) is 0.595. The van der Waals surface area contributed by atoms with E-state index in [0.717, 1.165) is 24.9 Å². The fraction of sp³-hybridized carbons (Fsp3) is 0.600. The summed E-state index contributed by atoms with van der Waals surface area (Å²) >= 11 is 0. The Morgan fingerprint density at radius 1 is 1.25 bits per heavy atom. The molecule has 2 fully saturated rings. The number of likely N-dealkylation sites (tertiary alicyclic amines) is 1. The number of aryl methyl sites for hydroxylation is 1. The van der Waals surface area contributed by atoms with Crippen molar-refractivity contribution in [1.29, 1.82) is 0 Å². The molecule has 24 heavy (non-hydrogen) atoms. The molecule has 2 aliphatic rings.